The molecule has 0 N–H and O–H groups in total. The van der Waals surface area contributed by atoms with E-state index in [1.165, 1.54) is 12.1 Å². The number of aromatic nitrogens is 2. The summed E-state index contributed by atoms with van der Waals surface area (Å²) in [6.45, 7) is 5.41. The molecule has 0 bridgehead atoms. The van der Waals surface area contributed by atoms with Gasteiger partial charge in [-0.25, -0.2) is 9.18 Å². The lowest BCUT2D eigenvalue weighted by Gasteiger charge is -2.11. The van der Waals surface area contributed by atoms with Gasteiger partial charge in [0.1, 0.15) is 5.82 Å². The zero-order chi connectivity index (χ0) is 18.0. The van der Waals surface area contributed by atoms with Crippen molar-refractivity contribution in [2.75, 3.05) is 0 Å². The Kier molecular flexibility index (Phi) is 4.61. The molecule has 25 heavy (non-hydrogen) atoms. The average molecular weight is 340 g/mol. The Labute approximate surface area is 144 Å². The van der Waals surface area contributed by atoms with Crippen LogP contribution in [0, 0.1) is 19.7 Å². The van der Waals surface area contributed by atoms with Gasteiger partial charge in [0.25, 0.3) is 5.89 Å². The van der Waals surface area contributed by atoms with Crippen LogP contribution in [0.4, 0.5) is 4.39 Å². The fourth-order valence-electron chi connectivity index (χ4n) is 2.34. The number of carbonyl (C=O) groups excluding carboxylic acids is 1. The standard InChI is InChI=1S/C19H17FN2O3/c1-11-4-5-12(2)16(10-11)19(23)24-13(3)17-21-22-18(25-17)14-6-8-15(20)9-7-14/h4-10,13H,1-3H3/t13-/m0/s1. The minimum Gasteiger partial charge on any atom is -0.449 e. The summed E-state index contributed by atoms with van der Waals surface area (Å²) in [4.78, 5) is 12.4. The number of carbonyl (C=O) groups is 1. The molecule has 0 fully saturated rings. The predicted octanol–water partition coefficient (Wildman–Crippen LogP) is 4.41. The zero-order valence-electron chi connectivity index (χ0n) is 14.1. The SMILES string of the molecule is Cc1ccc(C)c(C(=O)O[C@@H](C)c2nnc(-c3ccc(F)cc3)o2)c1. The second-order valence-electron chi connectivity index (χ2n) is 5.82. The van der Waals surface area contributed by atoms with Gasteiger partial charge < -0.3 is 9.15 Å². The molecule has 3 rings (SSSR count). The highest BCUT2D eigenvalue weighted by molar-refractivity contribution is 5.91. The maximum Gasteiger partial charge on any atom is 0.339 e. The first kappa shape index (κ1) is 16.8. The van der Waals surface area contributed by atoms with Gasteiger partial charge in [0.2, 0.25) is 5.89 Å². The summed E-state index contributed by atoms with van der Waals surface area (Å²) in [5.41, 5.74) is 2.90. The van der Waals surface area contributed by atoms with Crippen LogP contribution in [0.1, 0.15) is 40.4 Å². The second kappa shape index (κ2) is 6.84. The monoisotopic (exact) mass is 340 g/mol. The third-order valence-corrected chi connectivity index (χ3v) is 3.78. The van der Waals surface area contributed by atoms with Crippen molar-refractivity contribution in [3.8, 4) is 11.5 Å². The van der Waals surface area contributed by atoms with Crippen molar-refractivity contribution < 1.29 is 18.3 Å². The van der Waals surface area contributed by atoms with Crippen LogP contribution in [0.5, 0.6) is 0 Å². The third-order valence-electron chi connectivity index (χ3n) is 3.78. The van der Waals surface area contributed by atoms with E-state index < -0.39 is 12.1 Å². The number of nitrogens with zero attached hydrogens (tertiary/aromatic N) is 2. The molecule has 0 aliphatic heterocycles. The van der Waals surface area contributed by atoms with Crippen LogP contribution in [-0.4, -0.2) is 16.2 Å². The highest BCUT2D eigenvalue weighted by atomic mass is 19.1. The van der Waals surface area contributed by atoms with Gasteiger partial charge in [-0.3, -0.25) is 0 Å². The van der Waals surface area contributed by atoms with Crippen molar-refractivity contribution in [1.29, 1.82) is 0 Å². The molecular weight excluding hydrogens is 323 g/mol. The summed E-state index contributed by atoms with van der Waals surface area (Å²) in [7, 11) is 0. The van der Waals surface area contributed by atoms with Crippen LogP contribution in [0.3, 0.4) is 0 Å². The van der Waals surface area contributed by atoms with E-state index in [1.807, 2.05) is 26.0 Å². The summed E-state index contributed by atoms with van der Waals surface area (Å²) in [5, 5.41) is 7.83. The molecule has 6 heteroatoms. The second-order valence-corrected chi connectivity index (χ2v) is 5.82. The highest BCUT2D eigenvalue weighted by Gasteiger charge is 2.21. The number of benzene rings is 2. The number of hydrogen-bond donors (Lipinski definition) is 0. The number of halogens is 1. The summed E-state index contributed by atoms with van der Waals surface area (Å²) >= 11 is 0. The fraction of sp³-hybridized carbons (Fsp3) is 0.211. The van der Waals surface area contributed by atoms with Crippen molar-refractivity contribution in [3.05, 3.63) is 70.9 Å². The van der Waals surface area contributed by atoms with Gasteiger partial charge in [0, 0.05) is 5.56 Å². The van der Waals surface area contributed by atoms with Crippen molar-refractivity contribution in [2.45, 2.75) is 26.9 Å². The molecule has 1 aromatic heterocycles. The Morgan fingerprint density at radius 1 is 1.12 bits per heavy atom. The molecule has 0 saturated heterocycles. The van der Waals surface area contributed by atoms with Crippen LogP contribution in [0.2, 0.25) is 0 Å². The number of rotatable bonds is 4. The molecule has 128 valence electrons. The maximum atomic E-state index is 13.0. The van der Waals surface area contributed by atoms with Crippen molar-refractivity contribution in [1.82, 2.24) is 10.2 Å². The van der Waals surface area contributed by atoms with E-state index in [-0.39, 0.29) is 17.6 Å². The van der Waals surface area contributed by atoms with E-state index in [1.54, 1.807) is 25.1 Å². The molecule has 5 nitrogen and oxygen atoms in total. The Balaban J connectivity index is 1.75. The minimum absolute atomic E-state index is 0.179. The summed E-state index contributed by atoms with van der Waals surface area (Å²) in [6, 6.07) is 11.3. The fourth-order valence-corrected chi connectivity index (χ4v) is 2.34. The molecule has 0 radical (unpaired) electrons. The Hall–Kier alpha value is -3.02. The molecule has 1 atom stereocenters. The molecule has 0 amide bonds. The number of esters is 1. The van der Waals surface area contributed by atoms with Gasteiger partial charge in [-0.1, -0.05) is 17.7 Å². The van der Waals surface area contributed by atoms with E-state index >= 15 is 0 Å². The van der Waals surface area contributed by atoms with E-state index in [2.05, 4.69) is 10.2 Å². The Bertz CT molecular complexity index is 903. The van der Waals surface area contributed by atoms with Gasteiger partial charge in [0.15, 0.2) is 6.10 Å². The molecule has 0 aliphatic carbocycles. The molecule has 3 aromatic rings. The first-order valence-corrected chi connectivity index (χ1v) is 7.81. The smallest absolute Gasteiger partial charge is 0.339 e. The Morgan fingerprint density at radius 3 is 2.56 bits per heavy atom. The normalized spacial score (nSPS) is 12.0. The number of hydrogen-bond acceptors (Lipinski definition) is 5. The predicted molar refractivity (Wildman–Crippen MR) is 89.4 cm³/mol. The summed E-state index contributed by atoms with van der Waals surface area (Å²) in [6.07, 6.45) is -0.700. The molecule has 0 spiro atoms. The first-order valence-electron chi connectivity index (χ1n) is 7.81. The van der Waals surface area contributed by atoms with Gasteiger partial charge >= 0.3 is 5.97 Å². The Morgan fingerprint density at radius 2 is 1.84 bits per heavy atom. The molecule has 1 heterocycles. The van der Waals surface area contributed by atoms with Crippen molar-refractivity contribution in [3.63, 3.8) is 0 Å². The lowest BCUT2D eigenvalue weighted by molar-refractivity contribution is 0.0279. The van der Waals surface area contributed by atoms with Gasteiger partial charge in [-0.2, -0.15) is 0 Å². The van der Waals surface area contributed by atoms with E-state index in [0.717, 1.165) is 11.1 Å². The van der Waals surface area contributed by atoms with Gasteiger partial charge in [0.05, 0.1) is 5.56 Å². The molecule has 2 aromatic carbocycles. The average Bonchev–Trinajstić information content (AvgIpc) is 3.07. The molecule has 0 aliphatic rings. The molecular formula is C19H17FN2O3. The van der Waals surface area contributed by atoms with Crippen LogP contribution in [0.25, 0.3) is 11.5 Å². The van der Waals surface area contributed by atoms with E-state index in [4.69, 9.17) is 9.15 Å². The quantitative estimate of drug-likeness (QED) is 0.658. The van der Waals surface area contributed by atoms with Gasteiger partial charge in [-0.05, 0) is 56.7 Å². The lowest BCUT2D eigenvalue weighted by atomic mass is 10.1. The topological polar surface area (TPSA) is 65.2 Å². The largest absolute Gasteiger partial charge is 0.449 e. The van der Waals surface area contributed by atoms with Crippen LogP contribution in [-0.2, 0) is 4.74 Å². The highest BCUT2D eigenvalue weighted by Crippen LogP contribution is 2.24. The van der Waals surface area contributed by atoms with Crippen LogP contribution >= 0.6 is 0 Å². The van der Waals surface area contributed by atoms with Crippen LogP contribution in [0.15, 0.2) is 46.9 Å². The third kappa shape index (κ3) is 3.74. The number of aryl methyl sites for hydroxylation is 2. The van der Waals surface area contributed by atoms with E-state index in [0.29, 0.717) is 11.1 Å². The lowest BCUT2D eigenvalue weighted by Crippen LogP contribution is -2.11. The minimum atomic E-state index is -0.700. The van der Waals surface area contributed by atoms with Gasteiger partial charge in [-0.15, -0.1) is 10.2 Å². The maximum absolute atomic E-state index is 13.0. The van der Waals surface area contributed by atoms with Crippen molar-refractivity contribution >= 4 is 5.97 Å². The summed E-state index contributed by atoms with van der Waals surface area (Å²) < 4.78 is 23.9. The zero-order valence-corrected chi connectivity index (χ0v) is 14.1. The summed E-state index contributed by atoms with van der Waals surface area (Å²) in [5.74, 6) is -0.378. The first-order chi connectivity index (χ1) is 11.9. The molecule has 0 unspecified atom stereocenters. The number of ether oxygens (including phenoxy) is 1. The van der Waals surface area contributed by atoms with Crippen LogP contribution < -0.4 is 0 Å². The molecule has 0 saturated carbocycles. The van der Waals surface area contributed by atoms with Crippen molar-refractivity contribution in [2.24, 2.45) is 0 Å². The van der Waals surface area contributed by atoms with E-state index in [9.17, 15) is 9.18 Å².